The third kappa shape index (κ3) is 9.12. The predicted octanol–water partition coefficient (Wildman–Crippen LogP) is 3.70. The molecule has 0 fully saturated rings. The molecule has 0 aliphatic heterocycles. The highest BCUT2D eigenvalue weighted by Crippen LogP contribution is 2.25. The van der Waals surface area contributed by atoms with E-state index in [9.17, 15) is 14.7 Å². The van der Waals surface area contributed by atoms with E-state index in [2.05, 4.69) is 16.0 Å². The number of carbonyl (C=O) groups excluding carboxylic acids is 2. The van der Waals surface area contributed by atoms with Gasteiger partial charge in [-0.2, -0.15) is 0 Å². The Balaban J connectivity index is 1.89. The number of amides is 3. The minimum Gasteiger partial charge on any atom is -0.497 e. The van der Waals surface area contributed by atoms with Gasteiger partial charge in [0, 0.05) is 12.1 Å². The summed E-state index contributed by atoms with van der Waals surface area (Å²) in [6, 6.07) is 23.8. The summed E-state index contributed by atoms with van der Waals surface area (Å²) < 4.78 is 5.25. The van der Waals surface area contributed by atoms with Crippen LogP contribution in [-0.2, 0) is 17.8 Å². The molecule has 208 valence electrons. The van der Waals surface area contributed by atoms with Crippen molar-refractivity contribution >= 4 is 11.9 Å². The highest BCUT2D eigenvalue weighted by Gasteiger charge is 2.38. The zero-order valence-electron chi connectivity index (χ0n) is 23.1. The van der Waals surface area contributed by atoms with Gasteiger partial charge in [-0.1, -0.05) is 72.8 Å². The number of carbonyl (C=O) groups is 2. The maximum atomic E-state index is 13.5. The summed E-state index contributed by atoms with van der Waals surface area (Å²) in [5, 5.41) is 20.4. The molecule has 6 N–H and O–H groups in total. The van der Waals surface area contributed by atoms with Crippen molar-refractivity contribution in [2.24, 2.45) is 11.7 Å². The van der Waals surface area contributed by atoms with E-state index in [4.69, 9.17) is 10.5 Å². The summed E-state index contributed by atoms with van der Waals surface area (Å²) in [4.78, 5) is 26.5. The van der Waals surface area contributed by atoms with Gasteiger partial charge in [0.15, 0.2) is 0 Å². The maximum absolute atomic E-state index is 13.5. The minimum atomic E-state index is -1.30. The molecule has 0 bridgehead atoms. The zero-order valence-corrected chi connectivity index (χ0v) is 23.1. The number of urea groups is 1. The van der Waals surface area contributed by atoms with Gasteiger partial charge >= 0.3 is 6.03 Å². The third-order valence-corrected chi connectivity index (χ3v) is 6.39. The van der Waals surface area contributed by atoms with Gasteiger partial charge in [-0.25, -0.2) is 4.79 Å². The van der Waals surface area contributed by atoms with Crippen LogP contribution < -0.4 is 26.4 Å². The number of benzene rings is 3. The van der Waals surface area contributed by atoms with E-state index >= 15 is 0 Å². The van der Waals surface area contributed by atoms with Gasteiger partial charge in [0.1, 0.15) is 5.75 Å². The molecule has 4 unspecified atom stereocenters. The van der Waals surface area contributed by atoms with Crippen LogP contribution in [0.15, 0.2) is 84.9 Å². The van der Waals surface area contributed by atoms with Gasteiger partial charge in [-0.15, -0.1) is 0 Å². The minimum absolute atomic E-state index is 0.235. The molecule has 0 aromatic heterocycles. The number of rotatable bonds is 11. The molecule has 3 aromatic carbocycles. The summed E-state index contributed by atoms with van der Waals surface area (Å²) in [6.45, 7) is 5.94. The molecular weight excluding hydrogens is 492 g/mol. The Hall–Kier alpha value is -3.88. The van der Waals surface area contributed by atoms with Crippen molar-refractivity contribution in [3.05, 3.63) is 102 Å². The standard InChI is InChI=1S/C31H40N4O4/c1-31(2,3)35-29(37)25(19-21-15-17-24(39-4)18-16-21)28(36)27(26(32)23-13-9-6-10-14-23)34-30(38)33-20-22-11-7-5-8-12-22/h5-18,25-28,36H,19-20,32H2,1-4H3,(H,35,37)(H2,33,34,38). The van der Waals surface area contributed by atoms with Gasteiger partial charge in [0.25, 0.3) is 0 Å². The average Bonchev–Trinajstić information content (AvgIpc) is 2.93. The van der Waals surface area contributed by atoms with E-state index in [0.29, 0.717) is 12.3 Å². The molecule has 3 rings (SSSR count). The van der Waals surface area contributed by atoms with Crippen LogP contribution in [0.3, 0.4) is 0 Å². The molecule has 3 aromatic rings. The summed E-state index contributed by atoms with van der Waals surface area (Å²) in [5.41, 5.74) is 8.61. The molecule has 0 aliphatic rings. The Morgan fingerprint density at radius 1 is 0.897 bits per heavy atom. The number of aliphatic hydroxyl groups excluding tert-OH is 1. The molecule has 8 nitrogen and oxygen atoms in total. The molecule has 0 saturated heterocycles. The lowest BCUT2D eigenvalue weighted by Crippen LogP contribution is -2.58. The lowest BCUT2D eigenvalue weighted by molar-refractivity contribution is -0.131. The summed E-state index contributed by atoms with van der Waals surface area (Å²) in [7, 11) is 1.59. The molecule has 39 heavy (non-hydrogen) atoms. The maximum Gasteiger partial charge on any atom is 0.315 e. The van der Waals surface area contributed by atoms with Gasteiger partial charge in [-0.05, 0) is 56.0 Å². The number of ether oxygens (including phenoxy) is 1. The number of methoxy groups -OCH3 is 1. The average molecular weight is 533 g/mol. The lowest BCUT2D eigenvalue weighted by atomic mass is 9.84. The van der Waals surface area contributed by atoms with Gasteiger partial charge < -0.3 is 31.5 Å². The number of hydrogen-bond donors (Lipinski definition) is 5. The van der Waals surface area contributed by atoms with Crippen molar-refractivity contribution in [1.82, 2.24) is 16.0 Å². The lowest BCUT2D eigenvalue weighted by Gasteiger charge is -2.35. The predicted molar refractivity (Wildman–Crippen MR) is 153 cm³/mol. The SMILES string of the molecule is COc1ccc(CC(C(=O)NC(C)(C)C)C(O)C(NC(=O)NCc2ccccc2)C(N)c2ccccc2)cc1. The van der Waals surface area contributed by atoms with Crippen LogP contribution in [0.2, 0.25) is 0 Å². The zero-order chi connectivity index (χ0) is 28.4. The van der Waals surface area contributed by atoms with Crippen LogP contribution in [0.25, 0.3) is 0 Å². The second kappa shape index (κ2) is 13.8. The Morgan fingerprint density at radius 3 is 2.05 bits per heavy atom. The van der Waals surface area contributed by atoms with Crippen molar-refractivity contribution in [2.75, 3.05) is 7.11 Å². The smallest absolute Gasteiger partial charge is 0.315 e. The third-order valence-electron chi connectivity index (χ3n) is 6.39. The van der Waals surface area contributed by atoms with Crippen molar-refractivity contribution in [3.8, 4) is 5.75 Å². The summed E-state index contributed by atoms with van der Waals surface area (Å²) >= 11 is 0. The number of hydrogen-bond acceptors (Lipinski definition) is 5. The highest BCUT2D eigenvalue weighted by molar-refractivity contribution is 5.81. The second-order valence-electron chi connectivity index (χ2n) is 10.7. The van der Waals surface area contributed by atoms with Crippen LogP contribution in [0.4, 0.5) is 4.79 Å². The van der Waals surface area contributed by atoms with Gasteiger partial charge in [-0.3, -0.25) is 4.79 Å². The van der Waals surface area contributed by atoms with E-state index in [1.165, 1.54) is 0 Å². The second-order valence-corrected chi connectivity index (χ2v) is 10.7. The number of nitrogens with two attached hydrogens (primary N) is 1. The van der Waals surface area contributed by atoms with Crippen molar-refractivity contribution in [2.45, 2.75) is 57.5 Å². The first-order valence-corrected chi connectivity index (χ1v) is 13.1. The van der Waals surface area contributed by atoms with Crippen molar-refractivity contribution in [1.29, 1.82) is 0 Å². The molecule has 4 atom stereocenters. The van der Waals surface area contributed by atoms with Crippen molar-refractivity contribution in [3.63, 3.8) is 0 Å². The molecule has 0 saturated carbocycles. The molecule has 0 aliphatic carbocycles. The van der Waals surface area contributed by atoms with Crippen LogP contribution in [0.1, 0.15) is 43.5 Å². The van der Waals surface area contributed by atoms with Gasteiger partial charge in [0.2, 0.25) is 5.91 Å². The first-order valence-electron chi connectivity index (χ1n) is 13.1. The highest BCUT2D eigenvalue weighted by atomic mass is 16.5. The summed E-state index contributed by atoms with van der Waals surface area (Å²) in [6.07, 6.45) is -1.06. The van der Waals surface area contributed by atoms with Gasteiger partial charge in [0.05, 0.1) is 31.2 Å². The molecule has 0 radical (unpaired) electrons. The van der Waals surface area contributed by atoms with Crippen molar-refractivity contribution < 1.29 is 19.4 Å². The Labute approximate surface area is 231 Å². The molecule has 0 heterocycles. The Bertz CT molecular complexity index is 1180. The Kier molecular flexibility index (Phi) is 10.5. The fraction of sp³-hybridized carbons (Fsp3) is 0.355. The Morgan fingerprint density at radius 2 is 1.49 bits per heavy atom. The van der Waals surface area contributed by atoms with E-state index in [-0.39, 0.29) is 12.3 Å². The fourth-order valence-corrected chi connectivity index (χ4v) is 4.35. The number of aliphatic hydroxyl groups is 1. The first-order chi connectivity index (χ1) is 18.6. The number of nitrogens with one attached hydrogen (secondary N) is 3. The van der Waals surface area contributed by atoms with E-state index in [1.54, 1.807) is 7.11 Å². The van der Waals surface area contributed by atoms with Crippen LogP contribution in [-0.4, -0.2) is 41.8 Å². The molecular formula is C31H40N4O4. The van der Waals surface area contributed by atoms with Crippen LogP contribution >= 0.6 is 0 Å². The van der Waals surface area contributed by atoms with E-state index < -0.39 is 35.7 Å². The van der Waals surface area contributed by atoms with Crippen LogP contribution in [0.5, 0.6) is 5.75 Å². The first kappa shape index (κ1) is 29.7. The quantitative estimate of drug-likeness (QED) is 0.258. The molecule has 0 spiro atoms. The fourth-order valence-electron chi connectivity index (χ4n) is 4.35. The topological polar surface area (TPSA) is 126 Å². The van der Waals surface area contributed by atoms with E-state index in [0.717, 1.165) is 16.7 Å². The normalized spacial score (nSPS) is 14.4. The molecule has 8 heteroatoms. The molecule has 3 amide bonds. The monoisotopic (exact) mass is 532 g/mol. The van der Waals surface area contributed by atoms with E-state index in [1.807, 2.05) is 106 Å². The largest absolute Gasteiger partial charge is 0.497 e. The van der Waals surface area contributed by atoms with Crippen LogP contribution in [0, 0.1) is 5.92 Å². The summed E-state index contributed by atoms with van der Waals surface area (Å²) in [5.74, 6) is -0.537.